The van der Waals surface area contributed by atoms with Crippen molar-refractivity contribution in [2.24, 2.45) is 11.3 Å². The van der Waals surface area contributed by atoms with Gasteiger partial charge in [-0.15, -0.1) is 0 Å². The van der Waals surface area contributed by atoms with Gasteiger partial charge in [-0.3, -0.25) is 4.79 Å². The molecule has 3 aliphatic rings. The van der Waals surface area contributed by atoms with Gasteiger partial charge in [0.25, 0.3) is 0 Å². The summed E-state index contributed by atoms with van der Waals surface area (Å²) < 4.78 is 0. The molecule has 2 fully saturated rings. The molecule has 0 aromatic carbocycles. The van der Waals surface area contributed by atoms with Crippen molar-refractivity contribution >= 4 is 5.78 Å². The number of rotatable bonds is 0. The third-order valence-corrected chi connectivity index (χ3v) is 3.36. The van der Waals surface area contributed by atoms with E-state index in [1.54, 1.807) is 12.2 Å². The minimum Gasteiger partial charge on any atom is -0.377 e. The summed E-state index contributed by atoms with van der Waals surface area (Å²) in [7, 11) is 2.08. The van der Waals surface area contributed by atoms with Gasteiger partial charge in [-0.1, -0.05) is 6.08 Å². The molecule has 1 saturated carbocycles. The minimum atomic E-state index is 0.148. The number of allylic oxidation sites excluding steroid dienone is 3. The molecule has 0 aromatic rings. The van der Waals surface area contributed by atoms with E-state index in [9.17, 15) is 4.79 Å². The van der Waals surface area contributed by atoms with Gasteiger partial charge >= 0.3 is 0 Å². The summed E-state index contributed by atoms with van der Waals surface area (Å²) in [5.74, 6) is 0.938. The summed E-state index contributed by atoms with van der Waals surface area (Å²) in [5.41, 5.74) is 1.54. The van der Waals surface area contributed by atoms with Crippen LogP contribution in [-0.2, 0) is 4.79 Å². The summed E-state index contributed by atoms with van der Waals surface area (Å²) in [4.78, 5) is 13.3. The van der Waals surface area contributed by atoms with Crippen molar-refractivity contribution < 1.29 is 4.79 Å². The van der Waals surface area contributed by atoms with Gasteiger partial charge in [-0.05, 0) is 18.4 Å². The van der Waals surface area contributed by atoms with Crippen molar-refractivity contribution in [2.75, 3.05) is 13.6 Å². The van der Waals surface area contributed by atoms with Crippen LogP contribution in [0, 0.1) is 11.3 Å². The van der Waals surface area contributed by atoms with Crippen molar-refractivity contribution in [2.45, 2.75) is 6.42 Å². The average molecular weight is 161 g/mol. The molecule has 0 bridgehead atoms. The first-order chi connectivity index (χ1) is 5.72. The van der Waals surface area contributed by atoms with Crippen LogP contribution < -0.4 is 0 Å². The van der Waals surface area contributed by atoms with Crippen LogP contribution in [0.4, 0.5) is 0 Å². The topological polar surface area (TPSA) is 20.3 Å². The van der Waals surface area contributed by atoms with Crippen molar-refractivity contribution in [3.63, 3.8) is 0 Å². The standard InChI is InChI=1S/C10H11NO/c1-11-6-7-5-10(7)3-2-8(12)4-9(10)11/h2-4,7H,5-6H2,1H3/t7-,10?/m1/s1. The van der Waals surface area contributed by atoms with Gasteiger partial charge in [-0.25, -0.2) is 0 Å². The van der Waals surface area contributed by atoms with Crippen LogP contribution in [0.15, 0.2) is 23.9 Å². The number of carbonyl (C=O) groups is 1. The van der Waals surface area contributed by atoms with Gasteiger partial charge in [0.05, 0.1) is 0 Å². The van der Waals surface area contributed by atoms with Gasteiger partial charge < -0.3 is 4.90 Å². The van der Waals surface area contributed by atoms with E-state index in [0.29, 0.717) is 5.41 Å². The van der Waals surface area contributed by atoms with Crippen molar-refractivity contribution in [3.05, 3.63) is 23.9 Å². The number of ketones is 1. The summed E-state index contributed by atoms with van der Waals surface area (Å²) in [5, 5.41) is 0. The van der Waals surface area contributed by atoms with E-state index >= 15 is 0 Å². The second kappa shape index (κ2) is 1.65. The fourth-order valence-corrected chi connectivity index (χ4v) is 2.62. The number of piperidine rings is 1. The van der Waals surface area contributed by atoms with E-state index in [4.69, 9.17) is 0 Å². The molecule has 1 spiro atoms. The highest BCUT2D eigenvalue weighted by atomic mass is 16.1. The average Bonchev–Trinajstić information content (AvgIpc) is 2.64. The number of nitrogens with zero attached hydrogens (tertiary/aromatic N) is 1. The van der Waals surface area contributed by atoms with Crippen LogP contribution in [0.1, 0.15) is 6.42 Å². The molecule has 62 valence electrons. The first-order valence-electron chi connectivity index (χ1n) is 4.39. The summed E-state index contributed by atoms with van der Waals surface area (Å²) >= 11 is 0. The zero-order valence-electron chi connectivity index (χ0n) is 7.08. The fraction of sp³-hybridized carbons (Fsp3) is 0.500. The zero-order chi connectivity index (χ0) is 8.34. The first kappa shape index (κ1) is 6.46. The van der Waals surface area contributed by atoms with Gasteiger partial charge in [0.15, 0.2) is 5.78 Å². The van der Waals surface area contributed by atoms with Gasteiger partial charge in [0, 0.05) is 30.8 Å². The molecule has 2 atom stereocenters. The smallest absolute Gasteiger partial charge is 0.180 e. The monoisotopic (exact) mass is 161 g/mol. The predicted molar refractivity (Wildman–Crippen MR) is 45.4 cm³/mol. The lowest BCUT2D eigenvalue weighted by Gasteiger charge is -2.22. The Morgan fingerprint density at radius 1 is 1.67 bits per heavy atom. The lowest BCUT2D eigenvalue weighted by Crippen LogP contribution is -2.20. The SMILES string of the molecule is CN1C[C@H]2CC23C=CC(=O)C=C13. The number of hydrogen-bond donors (Lipinski definition) is 0. The van der Waals surface area contributed by atoms with Gasteiger partial charge in [0.2, 0.25) is 0 Å². The quantitative estimate of drug-likeness (QED) is 0.527. The highest BCUT2D eigenvalue weighted by Crippen LogP contribution is 2.65. The minimum absolute atomic E-state index is 0.148. The fourth-order valence-electron chi connectivity index (χ4n) is 2.62. The number of likely N-dealkylation sites (tertiary alicyclic amines) is 1. The molecule has 0 aromatic heterocycles. The van der Waals surface area contributed by atoms with E-state index in [1.807, 2.05) is 0 Å². The lowest BCUT2D eigenvalue weighted by molar-refractivity contribution is -0.110. The van der Waals surface area contributed by atoms with Crippen LogP contribution in [0.2, 0.25) is 0 Å². The molecule has 1 unspecified atom stereocenters. The Hall–Kier alpha value is -1.05. The van der Waals surface area contributed by atoms with Crippen LogP contribution in [0.3, 0.4) is 0 Å². The maximum atomic E-state index is 11.1. The highest BCUT2D eigenvalue weighted by Gasteiger charge is 2.61. The maximum absolute atomic E-state index is 11.1. The first-order valence-corrected chi connectivity index (χ1v) is 4.39. The largest absolute Gasteiger partial charge is 0.377 e. The van der Waals surface area contributed by atoms with Gasteiger partial charge in [0.1, 0.15) is 0 Å². The molecule has 12 heavy (non-hydrogen) atoms. The third-order valence-electron chi connectivity index (χ3n) is 3.36. The highest BCUT2D eigenvalue weighted by molar-refractivity contribution is 6.01. The molecule has 1 saturated heterocycles. The normalized spacial score (nSPS) is 42.4. The molecule has 0 radical (unpaired) electrons. The molecule has 1 heterocycles. The van der Waals surface area contributed by atoms with Crippen molar-refractivity contribution in [1.82, 2.24) is 4.90 Å². The van der Waals surface area contributed by atoms with E-state index in [0.717, 1.165) is 12.5 Å². The second-order valence-corrected chi connectivity index (χ2v) is 4.09. The molecule has 2 nitrogen and oxygen atoms in total. The molecule has 3 rings (SSSR count). The lowest BCUT2D eigenvalue weighted by atomic mass is 9.95. The zero-order valence-corrected chi connectivity index (χ0v) is 7.08. The van der Waals surface area contributed by atoms with E-state index in [1.165, 1.54) is 12.1 Å². The Balaban J connectivity index is 2.11. The van der Waals surface area contributed by atoms with Crippen molar-refractivity contribution in [1.29, 1.82) is 0 Å². The Morgan fingerprint density at radius 2 is 2.50 bits per heavy atom. The Kier molecular flexibility index (Phi) is 0.891. The summed E-state index contributed by atoms with van der Waals surface area (Å²) in [6.07, 6.45) is 6.89. The molecule has 0 N–H and O–H groups in total. The van der Waals surface area contributed by atoms with Crippen molar-refractivity contribution in [3.8, 4) is 0 Å². The Labute approximate surface area is 71.5 Å². The van der Waals surface area contributed by atoms with E-state index in [2.05, 4.69) is 18.0 Å². The summed E-state index contributed by atoms with van der Waals surface area (Å²) in [6.45, 7) is 1.13. The van der Waals surface area contributed by atoms with Gasteiger partial charge in [-0.2, -0.15) is 0 Å². The summed E-state index contributed by atoms with van der Waals surface area (Å²) in [6, 6.07) is 0. The van der Waals surface area contributed by atoms with Crippen LogP contribution in [0.25, 0.3) is 0 Å². The molecule has 1 aliphatic heterocycles. The third kappa shape index (κ3) is 0.554. The number of carbonyl (C=O) groups excluding carboxylic acids is 1. The molecule has 2 heteroatoms. The maximum Gasteiger partial charge on any atom is 0.180 e. The number of hydrogen-bond acceptors (Lipinski definition) is 2. The molecule has 2 aliphatic carbocycles. The molecule has 0 amide bonds. The molecular formula is C10H11NO. The van der Waals surface area contributed by atoms with Crippen LogP contribution in [-0.4, -0.2) is 24.3 Å². The van der Waals surface area contributed by atoms with E-state index in [-0.39, 0.29) is 5.78 Å². The van der Waals surface area contributed by atoms with Crippen LogP contribution in [0.5, 0.6) is 0 Å². The Bertz CT molecular complexity index is 329. The molecular weight excluding hydrogens is 150 g/mol. The predicted octanol–water partition coefficient (Wildman–Crippen LogP) is 0.961. The van der Waals surface area contributed by atoms with E-state index < -0.39 is 0 Å². The van der Waals surface area contributed by atoms with Crippen LogP contribution >= 0.6 is 0 Å². The Morgan fingerprint density at radius 3 is 3.33 bits per heavy atom. The second-order valence-electron chi connectivity index (χ2n) is 4.09.